The van der Waals surface area contributed by atoms with Crippen LogP contribution in [0.4, 0.5) is 0 Å². The number of halogens is 1. The van der Waals surface area contributed by atoms with Gasteiger partial charge in [0.25, 0.3) is 0 Å². The zero-order valence-electron chi connectivity index (χ0n) is 12.7. The van der Waals surface area contributed by atoms with Gasteiger partial charge < -0.3 is 10.6 Å². The summed E-state index contributed by atoms with van der Waals surface area (Å²) in [7, 11) is 0. The molecule has 0 aromatic heterocycles. The average Bonchev–Trinajstić information content (AvgIpc) is 2.45. The molecule has 1 unspecified atom stereocenters. The van der Waals surface area contributed by atoms with Crippen molar-refractivity contribution in [3.63, 3.8) is 0 Å². The Morgan fingerprint density at radius 2 is 2.00 bits per heavy atom. The van der Waals surface area contributed by atoms with E-state index in [9.17, 15) is 0 Å². The van der Waals surface area contributed by atoms with Gasteiger partial charge in [-0.2, -0.15) is 5.10 Å². The van der Waals surface area contributed by atoms with Crippen LogP contribution in [0.15, 0.2) is 28.4 Å². The van der Waals surface area contributed by atoms with Crippen LogP contribution in [-0.4, -0.2) is 23.1 Å². The number of nitrogens with two attached hydrogens (primary N) is 1. The fourth-order valence-corrected chi connectivity index (χ4v) is 3.34. The Kier molecular flexibility index (Phi) is 4.88. The number of hydrogen-bond donors (Lipinski definition) is 1. The highest BCUT2D eigenvalue weighted by atomic mass is 35.5. The molecule has 0 amide bonds. The largest absolute Gasteiger partial charge is 0.368 e. The maximum absolute atomic E-state index is 6.10. The van der Waals surface area contributed by atoms with Crippen molar-refractivity contribution in [3.05, 3.63) is 34.9 Å². The molecule has 0 radical (unpaired) electrons. The Morgan fingerprint density at radius 1 is 1.24 bits per heavy atom. The van der Waals surface area contributed by atoms with Crippen LogP contribution in [0.1, 0.15) is 49.3 Å². The van der Waals surface area contributed by atoms with Gasteiger partial charge >= 0.3 is 0 Å². The molecule has 1 heterocycles. The van der Waals surface area contributed by atoms with Gasteiger partial charge in [-0.05, 0) is 49.8 Å². The summed E-state index contributed by atoms with van der Waals surface area (Å²) < 4.78 is 0. The first-order chi connectivity index (χ1) is 9.65. The van der Waals surface area contributed by atoms with E-state index in [0.29, 0.717) is 11.9 Å². The fraction of sp³-hybridized carbons (Fsp3) is 0.500. The maximum atomic E-state index is 6.10. The van der Waals surface area contributed by atoms with Crippen LogP contribution < -0.4 is 5.73 Å². The zero-order valence-corrected chi connectivity index (χ0v) is 13.5. The summed E-state index contributed by atoms with van der Waals surface area (Å²) in [4.78, 5) is 2.16. The molecule has 2 aliphatic rings. The Morgan fingerprint density at radius 3 is 2.76 bits per heavy atom. The summed E-state index contributed by atoms with van der Waals surface area (Å²) in [5.74, 6) is 1.14. The minimum Gasteiger partial charge on any atom is -0.368 e. The van der Waals surface area contributed by atoms with Crippen molar-refractivity contribution in [1.29, 1.82) is 0 Å². The van der Waals surface area contributed by atoms with Crippen LogP contribution in [0, 0.1) is 0 Å². The topological polar surface area (TPSA) is 54.0 Å². The van der Waals surface area contributed by atoms with Crippen molar-refractivity contribution in [2.75, 3.05) is 6.54 Å². The fourth-order valence-electron chi connectivity index (χ4n) is 3.34. The van der Waals surface area contributed by atoms with Gasteiger partial charge in [0.15, 0.2) is 0 Å². The second-order valence-corrected chi connectivity index (χ2v) is 5.97. The summed E-state index contributed by atoms with van der Waals surface area (Å²) in [6, 6.07) is 6.68. The second kappa shape index (κ2) is 6.48. The van der Waals surface area contributed by atoms with E-state index in [2.05, 4.69) is 33.3 Å². The monoisotopic (exact) mass is 306 g/mol. The molecular weight excluding hydrogens is 284 g/mol. The van der Waals surface area contributed by atoms with Crippen LogP contribution in [0.5, 0.6) is 0 Å². The molecule has 114 valence electrons. The minimum atomic E-state index is 0. The van der Waals surface area contributed by atoms with Crippen molar-refractivity contribution < 1.29 is 0 Å². The lowest BCUT2D eigenvalue weighted by atomic mass is 9.78. The smallest absolute Gasteiger partial charge is 0.216 e. The predicted molar refractivity (Wildman–Crippen MR) is 90.2 cm³/mol. The first-order valence-electron chi connectivity index (χ1n) is 7.35. The average molecular weight is 307 g/mol. The normalized spacial score (nSPS) is 20.4. The highest BCUT2D eigenvalue weighted by molar-refractivity contribution is 5.85. The number of guanidine groups is 1. The molecule has 5 heteroatoms. The van der Waals surface area contributed by atoms with Crippen LogP contribution in [0.3, 0.4) is 0 Å². The highest BCUT2D eigenvalue weighted by Crippen LogP contribution is 2.38. The molecule has 1 aliphatic carbocycles. The lowest BCUT2D eigenvalue weighted by Crippen LogP contribution is -2.43. The quantitative estimate of drug-likeness (QED) is 0.492. The van der Waals surface area contributed by atoms with E-state index >= 15 is 0 Å². The number of hydrogen-bond acceptors (Lipinski definition) is 2. The highest BCUT2D eigenvalue weighted by Gasteiger charge is 2.30. The molecule has 3 rings (SSSR count). The van der Waals surface area contributed by atoms with Crippen LogP contribution in [0.2, 0.25) is 0 Å². The van der Waals surface area contributed by atoms with E-state index in [-0.39, 0.29) is 12.4 Å². The third kappa shape index (κ3) is 3.21. The molecule has 0 spiro atoms. The van der Waals surface area contributed by atoms with Crippen molar-refractivity contribution in [3.8, 4) is 0 Å². The molecule has 21 heavy (non-hydrogen) atoms. The Bertz CT molecular complexity index is 576. The lowest BCUT2D eigenvalue weighted by Gasteiger charge is -2.38. The summed E-state index contributed by atoms with van der Waals surface area (Å²) in [5.41, 5.74) is 11.5. The van der Waals surface area contributed by atoms with Gasteiger partial charge in [0.1, 0.15) is 0 Å². The Hall–Kier alpha value is -1.55. The number of rotatable bonds is 1. The molecule has 0 bridgehead atoms. The van der Waals surface area contributed by atoms with Gasteiger partial charge in [-0.1, -0.05) is 18.2 Å². The zero-order chi connectivity index (χ0) is 14.1. The molecule has 1 aliphatic heterocycles. The Balaban J connectivity index is 0.00000161. The van der Waals surface area contributed by atoms with Crippen molar-refractivity contribution >= 4 is 24.1 Å². The molecule has 0 fully saturated rings. The standard InChI is InChI=1S/C16H22N4.ClH/c1-11(2)18-19-16(17)20-9-13-7-3-5-12-6-4-8-14(10-20)15(12)13;/h3,5,7,14H,4,6,8-10H2,1-2H3,(H2,17,19);1H. The molecule has 1 atom stereocenters. The summed E-state index contributed by atoms with van der Waals surface area (Å²) in [6.07, 6.45) is 3.75. The Labute approximate surface area is 132 Å². The third-order valence-corrected chi connectivity index (χ3v) is 4.17. The van der Waals surface area contributed by atoms with Gasteiger partial charge in [-0.25, -0.2) is 0 Å². The molecule has 0 saturated carbocycles. The van der Waals surface area contributed by atoms with E-state index in [1.165, 1.54) is 30.4 Å². The predicted octanol–water partition coefficient (Wildman–Crippen LogP) is 3.05. The summed E-state index contributed by atoms with van der Waals surface area (Å²) in [5, 5.41) is 8.21. The van der Waals surface area contributed by atoms with Gasteiger partial charge in [-0.3, -0.25) is 0 Å². The molecular formula is C16H23ClN4. The van der Waals surface area contributed by atoms with Crippen LogP contribution >= 0.6 is 12.4 Å². The summed E-state index contributed by atoms with van der Waals surface area (Å²) in [6.45, 7) is 5.68. The van der Waals surface area contributed by atoms with Crippen molar-refractivity contribution in [1.82, 2.24) is 4.90 Å². The van der Waals surface area contributed by atoms with Crippen LogP contribution in [-0.2, 0) is 13.0 Å². The van der Waals surface area contributed by atoms with E-state index in [1.807, 2.05) is 13.8 Å². The first-order valence-corrected chi connectivity index (χ1v) is 7.35. The second-order valence-electron chi connectivity index (χ2n) is 5.97. The molecule has 2 N–H and O–H groups in total. The third-order valence-electron chi connectivity index (χ3n) is 4.17. The minimum absolute atomic E-state index is 0. The number of aryl methyl sites for hydroxylation is 1. The summed E-state index contributed by atoms with van der Waals surface area (Å²) >= 11 is 0. The van der Waals surface area contributed by atoms with E-state index in [4.69, 9.17) is 5.73 Å². The first kappa shape index (κ1) is 15.8. The maximum Gasteiger partial charge on any atom is 0.216 e. The van der Waals surface area contributed by atoms with Gasteiger partial charge in [0.05, 0.1) is 0 Å². The van der Waals surface area contributed by atoms with Gasteiger partial charge in [0, 0.05) is 24.7 Å². The van der Waals surface area contributed by atoms with Crippen molar-refractivity contribution in [2.24, 2.45) is 15.9 Å². The van der Waals surface area contributed by atoms with E-state index in [0.717, 1.165) is 18.8 Å². The van der Waals surface area contributed by atoms with Crippen molar-refractivity contribution in [2.45, 2.75) is 45.6 Å². The molecule has 1 aromatic rings. The molecule has 4 nitrogen and oxygen atoms in total. The number of nitrogens with zero attached hydrogens (tertiary/aromatic N) is 3. The lowest BCUT2D eigenvalue weighted by molar-refractivity contribution is 0.325. The van der Waals surface area contributed by atoms with E-state index in [1.54, 1.807) is 5.56 Å². The van der Waals surface area contributed by atoms with E-state index < -0.39 is 0 Å². The molecule has 1 aromatic carbocycles. The SMILES string of the molecule is CC(C)=N/N=C(\N)N1Cc2cccc3c2C(CCC3)C1.Cl. The van der Waals surface area contributed by atoms with Gasteiger partial charge in [0.2, 0.25) is 5.96 Å². The van der Waals surface area contributed by atoms with Gasteiger partial charge in [-0.15, -0.1) is 17.5 Å². The number of benzene rings is 1. The van der Waals surface area contributed by atoms with Crippen LogP contribution in [0.25, 0.3) is 0 Å². The molecule has 0 saturated heterocycles.